The van der Waals surface area contributed by atoms with Crippen molar-refractivity contribution in [3.63, 3.8) is 0 Å². The highest BCUT2D eigenvalue weighted by Gasteiger charge is 2.19. The van der Waals surface area contributed by atoms with Gasteiger partial charge in [-0.3, -0.25) is 4.98 Å². The Kier molecular flexibility index (Phi) is 5.60. The van der Waals surface area contributed by atoms with Crippen molar-refractivity contribution in [2.45, 2.75) is 51.3 Å². The molecule has 0 unspecified atom stereocenters. The van der Waals surface area contributed by atoms with Gasteiger partial charge in [-0.15, -0.1) is 0 Å². The van der Waals surface area contributed by atoms with Gasteiger partial charge in [-0.1, -0.05) is 12.5 Å². The van der Waals surface area contributed by atoms with Crippen LogP contribution >= 0.6 is 0 Å². The molecule has 0 spiro atoms. The monoisotopic (exact) mass is 289 g/mol. The summed E-state index contributed by atoms with van der Waals surface area (Å²) in [6.07, 6.45) is 8.71. The lowest BCUT2D eigenvalue weighted by molar-refractivity contribution is 0.0845. The topological polar surface area (TPSA) is 37.4 Å². The average molecular weight is 289 g/mol. The number of aromatic nitrogens is 1. The molecule has 1 saturated carbocycles. The van der Waals surface area contributed by atoms with E-state index in [1.165, 1.54) is 50.8 Å². The number of hydrogen-bond acceptors (Lipinski definition) is 4. The molecule has 4 heteroatoms. The van der Waals surface area contributed by atoms with Crippen molar-refractivity contribution in [2.24, 2.45) is 0 Å². The first-order valence-electron chi connectivity index (χ1n) is 8.37. The third kappa shape index (κ3) is 5.38. The molecule has 4 nitrogen and oxygen atoms in total. The van der Waals surface area contributed by atoms with Crippen molar-refractivity contribution in [1.82, 2.24) is 15.2 Å². The van der Waals surface area contributed by atoms with Gasteiger partial charge in [-0.25, -0.2) is 0 Å². The number of ether oxygens (including phenoxy) is 1. The highest BCUT2D eigenvalue weighted by molar-refractivity contribution is 5.13. The van der Waals surface area contributed by atoms with Gasteiger partial charge >= 0.3 is 0 Å². The predicted molar refractivity (Wildman–Crippen MR) is 84.0 cm³/mol. The Morgan fingerprint density at radius 1 is 1.19 bits per heavy atom. The van der Waals surface area contributed by atoms with Crippen molar-refractivity contribution in [3.05, 3.63) is 29.6 Å². The normalized spacial score (nSPS) is 19.8. The zero-order valence-corrected chi connectivity index (χ0v) is 12.9. The molecule has 21 heavy (non-hydrogen) atoms. The minimum Gasteiger partial charge on any atom is -0.374 e. The van der Waals surface area contributed by atoms with Crippen LogP contribution in [-0.4, -0.2) is 42.2 Å². The standard InChI is InChI=1S/C17H27N3O/c1-2-8-20(9-3-1)10-11-21-14-17-5-4-15(13-19-17)12-18-16-6-7-16/h4-5,13,16,18H,1-3,6-12,14H2. The van der Waals surface area contributed by atoms with Crippen molar-refractivity contribution >= 4 is 0 Å². The van der Waals surface area contributed by atoms with Crippen LogP contribution in [0.1, 0.15) is 43.4 Å². The Balaban J connectivity index is 1.30. The van der Waals surface area contributed by atoms with Crippen LogP contribution in [0.5, 0.6) is 0 Å². The van der Waals surface area contributed by atoms with Crippen LogP contribution in [0.3, 0.4) is 0 Å². The largest absolute Gasteiger partial charge is 0.374 e. The average Bonchev–Trinajstić information content (AvgIpc) is 3.36. The minimum atomic E-state index is 0.629. The number of rotatable bonds is 8. The van der Waals surface area contributed by atoms with Crippen LogP contribution in [-0.2, 0) is 17.9 Å². The van der Waals surface area contributed by atoms with Crippen LogP contribution < -0.4 is 5.32 Å². The van der Waals surface area contributed by atoms with Gasteiger partial charge in [-0.05, 0) is 50.4 Å². The highest BCUT2D eigenvalue weighted by Crippen LogP contribution is 2.19. The molecule has 2 heterocycles. The second-order valence-corrected chi connectivity index (χ2v) is 6.27. The first-order valence-corrected chi connectivity index (χ1v) is 8.37. The van der Waals surface area contributed by atoms with E-state index in [4.69, 9.17) is 4.74 Å². The van der Waals surface area contributed by atoms with Crippen molar-refractivity contribution < 1.29 is 4.74 Å². The maximum absolute atomic E-state index is 5.75. The zero-order valence-electron chi connectivity index (χ0n) is 12.9. The summed E-state index contributed by atoms with van der Waals surface area (Å²) in [7, 11) is 0. The summed E-state index contributed by atoms with van der Waals surface area (Å²) >= 11 is 0. The third-order valence-corrected chi connectivity index (χ3v) is 4.31. The van der Waals surface area contributed by atoms with E-state index in [-0.39, 0.29) is 0 Å². The van der Waals surface area contributed by atoms with E-state index in [0.717, 1.165) is 31.4 Å². The number of nitrogens with one attached hydrogen (secondary N) is 1. The second kappa shape index (κ2) is 7.87. The molecule has 2 fully saturated rings. The Labute approximate surface area is 127 Å². The van der Waals surface area contributed by atoms with Crippen LogP contribution in [0.15, 0.2) is 18.3 Å². The summed E-state index contributed by atoms with van der Waals surface area (Å²) in [6.45, 7) is 5.92. The summed E-state index contributed by atoms with van der Waals surface area (Å²) in [5.41, 5.74) is 2.29. The van der Waals surface area contributed by atoms with Gasteiger partial charge in [0, 0.05) is 25.3 Å². The van der Waals surface area contributed by atoms with Crippen LogP contribution in [0, 0.1) is 0 Å². The first kappa shape index (κ1) is 14.9. The molecule has 3 rings (SSSR count). The molecule has 116 valence electrons. The molecule has 0 atom stereocenters. The third-order valence-electron chi connectivity index (χ3n) is 4.31. The highest BCUT2D eigenvalue weighted by atomic mass is 16.5. The quantitative estimate of drug-likeness (QED) is 0.745. The van der Waals surface area contributed by atoms with E-state index in [1.807, 2.05) is 6.20 Å². The molecule has 1 aromatic heterocycles. The predicted octanol–water partition coefficient (Wildman–Crippen LogP) is 2.34. The first-order chi connectivity index (χ1) is 10.4. The lowest BCUT2D eigenvalue weighted by Gasteiger charge is -2.26. The molecular formula is C17H27N3O. The lowest BCUT2D eigenvalue weighted by atomic mass is 10.1. The van der Waals surface area contributed by atoms with E-state index in [1.54, 1.807) is 0 Å². The van der Waals surface area contributed by atoms with E-state index in [2.05, 4.69) is 27.3 Å². The molecule has 0 amide bonds. The lowest BCUT2D eigenvalue weighted by Crippen LogP contribution is -2.32. The summed E-state index contributed by atoms with van der Waals surface area (Å²) in [5, 5.41) is 3.50. The number of likely N-dealkylation sites (tertiary alicyclic amines) is 1. The van der Waals surface area contributed by atoms with E-state index < -0.39 is 0 Å². The van der Waals surface area contributed by atoms with Gasteiger partial charge in [0.2, 0.25) is 0 Å². The smallest absolute Gasteiger partial charge is 0.0888 e. The maximum atomic E-state index is 5.75. The van der Waals surface area contributed by atoms with Gasteiger partial charge in [0.1, 0.15) is 0 Å². The molecular weight excluding hydrogens is 262 g/mol. The van der Waals surface area contributed by atoms with Crippen LogP contribution in [0.4, 0.5) is 0 Å². The molecule has 0 bridgehead atoms. The van der Waals surface area contributed by atoms with Crippen LogP contribution in [0.25, 0.3) is 0 Å². The summed E-state index contributed by atoms with van der Waals surface area (Å²) in [5.74, 6) is 0. The van der Waals surface area contributed by atoms with Gasteiger partial charge in [0.05, 0.1) is 18.9 Å². The number of piperidine rings is 1. The maximum Gasteiger partial charge on any atom is 0.0888 e. The molecule has 0 radical (unpaired) electrons. The fraction of sp³-hybridized carbons (Fsp3) is 0.706. The summed E-state index contributed by atoms with van der Waals surface area (Å²) < 4.78 is 5.75. The second-order valence-electron chi connectivity index (χ2n) is 6.27. The number of pyridine rings is 1. The Morgan fingerprint density at radius 3 is 2.76 bits per heavy atom. The number of nitrogens with zero attached hydrogens (tertiary/aromatic N) is 2. The fourth-order valence-corrected chi connectivity index (χ4v) is 2.75. The van der Waals surface area contributed by atoms with Gasteiger partial charge < -0.3 is 15.0 Å². The molecule has 1 aliphatic heterocycles. The van der Waals surface area contributed by atoms with Crippen LogP contribution in [0.2, 0.25) is 0 Å². The summed E-state index contributed by atoms with van der Waals surface area (Å²) in [4.78, 5) is 6.99. The van der Waals surface area contributed by atoms with Crippen molar-refractivity contribution in [2.75, 3.05) is 26.2 Å². The molecule has 1 aliphatic carbocycles. The number of hydrogen-bond donors (Lipinski definition) is 1. The summed E-state index contributed by atoms with van der Waals surface area (Å²) in [6, 6.07) is 5.00. The van der Waals surface area contributed by atoms with Crippen molar-refractivity contribution in [3.8, 4) is 0 Å². The molecule has 1 saturated heterocycles. The van der Waals surface area contributed by atoms with Gasteiger partial charge in [0.15, 0.2) is 0 Å². The van der Waals surface area contributed by atoms with E-state index >= 15 is 0 Å². The van der Waals surface area contributed by atoms with Crippen molar-refractivity contribution in [1.29, 1.82) is 0 Å². The Bertz CT molecular complexity index is 411. The Hall–Kier alpha value is -0.970. The minimum absolute atomic E-state index is 0.629. The van der Waals surface area contributed by atoms with E-state index in [9.17, 15) is 0 Å². The molecule has 1 aromatic rings. The zero-order chi connectivity index (χ0) is 14.3. The SMILES string of the molecule is c1cc(COCCN2CCCCC2)ncc1CNC1CC1. The molecule has 1 N–H and O–H groups in total. The van der Waals surface area contributed by atoms with E-state index in [0.29, 0.717) is 6.61 Å². The van der Waals surface area contributed by atoms with Gasteiger partial charge in [0.25, 0.3) is 0 Å². The van der Waals surface area contributed by atoms with Gasteiger partial charge in [-0.2, -0.15) is 0 Å². The Morgan fingerprint density at radius 2 is 2.05 bits per heavy atom. The molecule has 0 aromatic carbocycles. The fourth-order valence-electron chi connectivity index (χ4n) is 2.75. The molecule has 2 aliphatic rings.